The molecule has 2 heterocycles. The average Bonchev–Trinajstić information content (AvgIpc) is 3.00. The molecule has 2 atom stereocenters. The molecule has 1 aromatic rings. The first-order valence-electron chi connectivity index (χ1n) is 11.0. The number of esters is 1. The molecule has 9 nitrogen and oxygen atoms in total. The topological polar surface area (TPSA) is 107 Å². The number of nitrogens with zero attached hydrogens (tertiary/aromatic N) is 2. The fourth-order valence-electron chi connectivity index (χ4n) is 3.43. The Labute approximate surface area is 196 Å². The number of anilines is 1. The lowest BCUT2D eigenvalue weighted by molar-refractivity contribution is -0.143. The molecule has 0 aliphatic carbocycles. The average molecular weight is 478 g/mol. The van der Waals surface area contributed by atoms with Crippen molar-refractivity contribution in [3.05, 3.63) is 29.6 Å². The van der Waals surface area contributed by atoms with Crippen LogP contribution >= 0.6 is 0 Å². The van der Waals surface area contributed by atoms with Crippen molar-refractivity contribution in [1.29, 1.82) is 0 Å². The zero-order valence-corrected chi connectivity index (χ0v) is 21.6. The Bertz CT molecular complexity index is 902. The van der Waals surface area contributed by atoms with Crippen LogP contribution in [0.4, 0.5) is 10.6 Å². The summed E-state index contributed by atoms with van der Waals surface area (Å²) in [5, 5.41) is 2.57. The SMILES string of the molecule is COC(=O)C(CC1C(=C=O)N(COCC[Si](C)(C)C)c2ncccc21)NC(=O)OC(C)(C)C. The van der Waals surface area contributed by atoms with E-state index in [1.807, 2.05) is 12.0 Å². The zero-order valence-electron chi connectivity index (χ0n) is 20.6. The van der Waals surface area contributed by atoms with Crippen molar-refractivity contribution >= 4 is 31.9 Å². The Morgan fingerprint density at radius 1 is 1.30 bits per heavy atom. The van der Waals surface area contributed by atoms with E-state index in [-0.39, 0.29) is 13.2 Å². The molecule has 33 heavy (non-hydrogen) atoms. The number of hydrogen-bond donors (Lipinski definition) is 1. The van der Waals surface area contributed by atoms with Gasteiger partial charge in [0.05, 0.1) is 7.11 Å². The number of amides is 1. The summed E-state index contributed by atoms with van der Waals surface area (Å²) in [6, 6.07) is 3.56. The number of carbonyl (C=O) groups excluding carboxylic acids is 3. The molecule has 1 N–H and O–H groups in total. The second kappa shape index (κ2) is 11.0. The maximum atomic E-state index is 12.4. The first kappa shape index (κ1) is 26.6. The van der Waals surface area contributed by atoms with Gasteiger partial charge in [-0.15, -0.1) is 0 Å². The molecule has 1 amide bonds. The fraction of sp³-hybridized carbons (Fsp3) is 0.609. The van der Waals surface area contributed by atoms with Crippen LogP contribution in [0.3, 0.4) is 0 Å². The molecule has 2 rings (SSSR count). The Kier molecular flexibility index (Phi) is 8.82. The molecular weight excluding hydrogens is 442 g/mol. The highest BCUT2D eigenvalue weighted by Crippen LogP contribution is 2.43. The third kappa shape index (κ3) is 7.70. The Hall–Kier alpha value is -2.68. The third-order valence-corrected chi connectivity index (χ3v) is 6.74. The van der Waals surface area contributed by atoms with Crippen LogP contribution in [0.2, 0.25) is 25.7 Å². The zero-order chi connectivity index (χ0) is 24.8. The molecule has 0 saturated carbocycles. The van der Waals surface area contributed by atoms with Gasteiger partial charge in [0, 0.05) is 32.4 Å². The molecule has 1 aliphatic heterocycles. The summed E-state index contributed by atoms with van der Waals surface area (Å²) in [6.45, 7) is 12.7. The molecule has 0 spiro atoms. The van der Waals surface area contributed by atoms with Crippen molar-refractivity contribution in [3.8, 4) is 0 Å². The van der Waals surface area contributed by atoms with Crippen LogP contribution in [0.1, 0.15) is 38.7 Å². The van der Waals surface area contributed by atoms with E-state index < -0.39 is 37.7 Å². The van der Waals surface area contributed by atoms with Crippen molar-refractivity contribution in [2.24, 2.45) is 0 Å². The van der Waals surface area contributed by atoms with Gasteiger partial charge in [0.1, 0.15) is 35.8 Å². The van der Waals surface area contributed by atoms with Gasteiger partial charge >= 0.3 is 12.1 Å². The van der Waals surface area contributed by atoms with Crippen LogP contribution in [-0.2, 0) is 23.8 Å². The molecular formula is C23H35N3O6Si. The van der Waals surface area contributed by atoms with E-state index in [0.717, 1.165) is 11.6 Å². The molecule has 2 unspecified atom stereocenters. The molecule has 0 saturated heterocycles. The molecule has 10 heteroatoms. The molecule has 0 aromatic carbocycles. The van der Waals surface area contributed by atoms with Crippen molar-refractivity contribution in [2.75, 3.05) is 25.3 Å². The quantitative estimate of drug-likeness (QED) is 0.249. The van der Waals surface area contributed by atoms with E-state index in [9.17, 15) is 14.4 Å². The largest absolute Gasteiger partial charge is 0.467 e. The van der Waals surface area contributed by atoms with Crippen LogP contribution in [0, 0.1) is 0 Å². The maximum absolute atomic E-state index is 12.4. The number of allylic oxidation sites excluding steroid dienone is 1. The Balaban J connectivity index is 2.23. The number of pyridine rings is 1. The second-order valence-corrected chi connectivity index (χ2v) is 15.8. The maximum Gasteiger partial charge on any atom is 0.408 e. The number of fused-ring (bicyclic) bond motifs is 1. The van der Waals surface area contributed by atoms with Gasteiger partial charge in [-0.1, -0.05) is 25.7 Å². The monoisotopic (exact) mass is 477 g/mol. The van der Waals surface area contributed by atoms with Gasteiger partial charge in [-0.05, 0) is 39.3 Å². The normalized spacial score (nSPS) is 16.6. The lowest BCUT2D eigenvalue weighted by Crippen LogP contribution is -2.45. The number of nitrogens with one attached hydrogen (secondary N) is 1. The smallest absolute Gasteiger partial charge is 0.408 e. The Morgan fingerprint density at radius 2 is 2.00 bits per heavy atom. The fourth-order valence-corrected chi connectivity index (χ4v) is 4.18. The number of carbonyl (C=O) groups is 2. The first-order chi connectivity index (χ1) is 15.4. The number of methoxy groups -OCH3 is 1. The van der Waals surface area contributed by atoms with Gasteiger partial charge in [-0.25, -0.2) is 19.4 Å². The summed E-state index contributed by atoms with van der Waals surface area (Å²) in [5.41, 5.74) is 0.327. The van der Waals surface area contributed by atoms with E-state index in [4.69, 9.17) is 14.2 Å². The lowest BCUT2D eigenvalue weighted by atomic mass is 9.92. The molecule has 0 bridgehead atoms. The summed E-state index contributed by atoms with van der Waals surface area (Å²) < 4.78 is 16.0. The van der Waals surface area contributed by atoms with E-state index in [1.54, 1.807) is 37.9 Å². The van der Waals surface area contributed by atoms with Gasteiger partial charge in [0.2, 0.25) is 0 Å². The number of hydrogen-bond acceptors (Lipinski definition) is 8. The number of ether oxygens (including phenoxy) is 3. The molecule has 0 fully saturated rings. The highest BCUT2D eigenvalue weighted by molar-refractivity contribution is 6.76. The van der Waals surface area contributed by atoms with E-state index in [2.05, 4.69) is 29.9 Å². The summed E-state index contributed by atoms with van der Waals surface area (Å²) in [4.78, 5) is 42.9. The van der Waals surface area contributed by atoms with Crippen LogP contribution < -0.4 is 10.2 Å². The predicted molar refractivity (Wildman–Crippen MR) is 127 cm³/mol. The number of aromatic nitrogens is 1. The van der Waals surface area contributed by atoms with E-state index in [1.165, 1.54) is 7.11 Å². The minimum Gasteiger partial charge on any atom is -0.467 e. The first-order valence-corrected chi connectivity index (χ1v) is 14.7. The molecule has 182 valence electrons. The van der Waals surface area contributed by atoms with Crippen molar-refractivity contribution in [1.82, 2.24) is 10.3 Å². The predicted octanol–water partition coefficient (Wildman–Crippen LogP) is 3.47. The van der Waals surface area contributed by atoms with Crippen LogP contribution in [0.25, 0.3) is 0 Å². The molecule has 1 aliphatic rings. The van der Waals surface area contributed by atoms with Gasteiger partial charge in [0.25, 0.3) is 0 Å². The van der Waals surface area contributed by atoms with Crippen LogP contribution in [-0.4, -0.2) is 63.2 Å². The van der Waals surface area contributed by atoms with Gasteiger partial charge in [-0.3, -0.25) is 4.90 Å². The number of rotatable bonds is 9. The third-order valence-electron chi connectivity index (χ3n) is 5.04. The summed E-state index contributed by atoms with van der Waals surface area (Å²) in [7, 11) is -0.0214. The lowest BCUT2D eigenvalue weighted by Gasteiger charge is -2.25. The minimum absolute atomic E-state index is 0.0839. The highest BCUT2D eigenvalue weighted by atomic mass is 28.3. The highest BCUT2D eigenvalue weighted by Gasteiger charge is 2.40. The van der Waals surface area contributed by atoms with Gasteiger partial charge in [0.15, 0.2) is 0 Å². The summed E-state index contributed by atoms with van der Waals surface area (Å²) in [6.07, 6.45) is 0.973. The molecule has 0 radical (unpaired) electrons. The van der Waals surface area contributed by atoms with E-state index in [0.29, 0.717) is 18.1 Å². The van der Waals surface area contributed by atoms with Crippen LogP contribution in [0.5, 0.6) is 0 Å². The van der Waals surface area contributed by atoms with Crippen molar-refractivity contribution < 1.29 is 28.6 Å². The van der Waals surface area contributed by atoms with Crippen molar-refractivity contribution in [3.63, 3.8) is 0 Å². The summed E-state index contributed by atoms with van der Waals surface area (Å²) >= 11 is 0. The van der Waals surface area contributed by atoms with Crippen LogP contribution in [0.15, 0.2) is 24.0 Å². The molecule has 1 aromatic heterocycles. The van der Waals surface area contributed by atoms with Gasteiger partial charge in [-0.2, -0.15) is 0 Å². The van der Waals surface area contributed by atoms with Gasteiger partial charge < -0.3 is 19.5 Å². The Morgan fingerprint density at radius 3 is 2.58 bits per heavy atom. The summed E-state index contributed by atoms with van der Waals surface area (Å²) in [5.74, 6) is 1.43. The second-order valence-electron chi connectivity index (χ2n) is 10.2. The standard InChI is InChI=1S/C23H35N3O6Si/c1-23(2,3)32-22(29)25-18(21(28)30-4)13-17-16-9-8-10-24-20(16)26(19(17)14-27)15-31-11-12-33(5,6)7/h8-10,17-18H,11-13,15H2,1-7H3,(H,25,29). The van der Waals surface area contributed by atoms with E-state index >= 15 is 0 Å². The minimum atomic E-state index is -1.26. The number of alkyl carbamates (subject to hydrolysis) is 1. The van der Waals surface area contributed by atoms with Crippen molar-refractivity contribution in [2.45, 2.75) is 70.4 Å².